The molecule has 2 aromatic heterocycles. The van der Waals surface area contributed by atoms with Gasteiger partial charge in [0, 0.05) is 37.3 Å². The molecule has 0 N–H and O–H groups in total. The number of carbonyl (C=O) groups is 1. The SMILES string of the molecule is Cc1ccc([C@@H]2CCON2C(=O)[C@@H]2CCN(c3ncnc(Cl)n3)CC23CC3)cn1. The molecule has 2 atom stereocenters. The molecule has 1 spiro atoms. The number of anilines is 1. The van der Waals surface area contributed by atoms with Gasteiger partial charge in [0.25, 0.3) is 5.91 Å². The second kappa shape index (κ2) is 7.18. The van der Waals surface area contributed by atoms with Crippen LogP contribution in [0.4, 0.5) is 5.95 Å². The Morgan fingerprint density at radius 2 is 2.10 bits per heavy atom. The smallest absolute Gasteiger partial charge is 0.250 e. The molecule has 2 aromatic rings. The van der Waals surface area contributed by atoms with Gasteiger partial charge in [-0.1, -0.05) is 6.07 Å². The number of piperidine rings is 1. The third kappa shape index (κ3) is 3.44. The third-order valence-corrected chi connectivity index (χ3v) is 6.56. The number of nitrogens with zero attached hydrogens (tertiary/aromatic N) is 6. The first-order chi connectivity index (χ1) is 14.1. The van der Waals surface area contributed by atoms with E-state index in [1.54, 1.807) is 5.06 Å². The summed E-state index contributed by atoms with van der Waals surface area (Å²) in [5.74, 6) is 0.636. The molecule has 152 valence electrons. The van der Waals surface area contributed by atoms with E-state index in [1.807, 2.05) is 25.3 Å². The molecule has 1 aliphatic carbocycles. The maximum absolute atomic E-state index is 13.5. The van der Waals surface area contributed by atoms with E-state index in [9.17, 15) is 4.79 Å². The highest BCUT2D eigenvalue weighted by Crippen LogP contribution is 2.57. The predicted octanol–water partition coefficient (Wildman–Crippen LogP) is 2.74. The molecule has 2 saturated heterocycles. The molecule has 8 nitrogen and oxygen atoms in total. The van der Waals surface area contributed by atoms with Crippen LogP contribution in [-0.4, -0.2) is 50.6 Å². The van der Waals surface area contributed by atoms with E-state index in [4.69, 9.17) is 16.4 Å². The standard InChI is InChI=1S/C20H23ClN6O2/c1-13-2-3-14(10-22-13)16-5-9-29-27(16)17(28)15-4-8-26(11-20(15)6-7-20)19-24-12-23-18(21)25-19/h2-3,10,12,15-16H,4-9,11H2,1H3/t15-,16-/m0/s1. The number of hydroxylamine groups is 2. The van der Waals surface area contributed by atoms with Crippen molar-refractivity contribution in [3.8, 4) is 0 Å². The Hall–Kier alpha value is -2.32. The van der Waals surface area contributed by atoms with Crippen molar-refractivity contribution in [2.75, 3.05) is 24.6 Å². The summed E-state index contributed by atoms with van der Waals surface area (Å²) in [4.78, 5) is 38.2. The van der Waals surface area contributed by atoms with Crippen molar-refractivity contribution in [1.82, 2.24) is 25.0 Å². The Morgan fingerprint density at radius 1 is 1.24 bits per heavy atom. The minimum atomic E-state index is -0.0632. The van der Waals surface area contributed by atoms with Gasteiger partial charge in [-0.2, -0.15) is 4.98 Å². The summed E-state index contributed by atoms with van der Waals surface area (Å²) in [6.45, 7) is 3.99. The summed E-state index contributed by atoms with van der Waals surface area (Å²) in [5.41, 5.74) is 1.97. The van der Waals surface area contributed by atoms with Crippen LogP contribution in [0, 0.1) is 18.3 Å². The number of halogens is 1. The Kier molecular flexibility index (Phi) is 4.63. The number of amides is 1. The summed E-state index contributed by atoms with van der Waals surface area (Å²) in [6, 6.07) is 3.96. The average molecular weight is 415 g/mol. The molecule has 0 radical (unpaired) electrons. The molecule has 3 aliphatic rings. The lowest BCUT2D eigenvalue weighted by molar-refractivity contribution is -0.185. The van der Waals surface area contributed by atoms with E-state index in [0.717, 1.165) is 43.5 Å². The highest BCUT2D eigenvalue weighted by molar-refractivity contribution is 6.28. The minimum Gasteiger partial charge on any atom is -0.340 e. The predicted molar refractivity (Wildman–Crippen MR) is 106 cm³/mol. The maximum atomic E-state index is 13.5. The van der Waals surface area contributed by atoms with Gasteiger partial charge in [0.2, 0.25) is 11.2 Å². The molecule has 4 heterocycles. The van der Waals surface area contributed by atoms with Gasteiger partial charge in [-0.25, -0.2) is 15.0 Å². The van der Waals surface area contributed by atoms with E-state index in [-0.39, 0.29) is 28.6 Å². The first-order valence-corrected chi connectivity index (χ1v) is 10.4. The van der Waals surface area contributed by atoms with Crippen molar-refractivity contribution in [3.63, 3.8) is 0 Å². The van der Waals surface area contributed by atoms with E-state index in [0.29, 0.717) is 19.1 Å². The Bertz CT molecular complexity index is 919. The van der Waals surface area contributed by atoms with Crippen LogP contribution in [0.15, 0.2) is 24.7 Å². The number of hydrogen-bond donors (Lipinski definition) is 0. The lowest BCUT2D eigenvalue weighted by atomic mass is 9.81. The first-order valence-electron chi connectivity index (χ1n) is 10.0. The molecule has 0 bridgehead atoms. The first kappa shape index (κ1) is 18.7. The number of rotatable bonds is 3. The van der Waals surface area contributed by atoms with E-state index >= 15 is 0 Å². The monoisotopic (exact) mass is 414 g/mol. The van der Waals surface area contributed by atoms with Gasteiger partial charge in [-0.3, -0.25) is 14.6 Å². The largest absolute Gasteiger partial charge is 0.340 e. The zero-order valence-corrected chi connectivity index (χ0v) is 17.0. The Morgan fingerprint density at radius 3 is 2.83 bits per heavy atom. The molecule has 1 saturated carbocycles. The Labute approximate surface area is 174 Å². The van der Waals surface area contributed by atoms with Gasteiger partial charge in [-0.15, -0.1) is 0 Å². The van der Waals surface area contributed by atoms with Crippen molar-refractivity contribution in [2.45, 2.75) is 38.6 Å². The minimum absolute atomic E-state index is 0.0313. The fraction of sp³-hybridized carbons (Fsp3) is 0.550. The van der Waals surface area contributed by atoms with Crippen LogP contribution >= 0.6 is 11.6 Å². The lowest BCUT2D eigenvalue weighted by Gasteiger charge is -2.40. The van der Waals surface area contributed by atoms with Gasteiger partial charge in [0.05, 0.1) is 12.6 Å². The summed E-state index contributed by atoms with van der Waals surface area (Å²) in [7, 11) is 0. The number of aryl methyl sites for hydroxylation is 1. The zero-order valence-electron chi connectivity index (χ0n) is 16.3. The van der Waals surface area contributed by atoms with Gasteiger partial charge in [0.1, 0.15) is 6.33 Å². The number of carbonyl (C=O) groups excluding carboxylic acids is 1. The third-order valence-electron chi connectivity index (χ3n) is 6.38. The highest BCUT2D eigenvalue weighted by Gasteiger charge is 2.57. The molecule has 9 heteroatoms. The fourth-order valence-electron chi connectivity index (χ4n) is 4.62. The zero-order chi connectivity index (χ0) is 20.0. The van der Waals surface area contributed by atoms with Crippen LogP contribution in [0.3, 0.4) is 0 Å². The van der Waals surface area contributed by atoms with Crippen LogP contribution in [-0.2, 0) is 9.63 Å². The fourth-order valence-corrected chi connectivity index (χ4v) is 4.74. The highest BCUT2D eigenvalue weighted by atomic mass is 35.5. The average Bonchev–Trinajstić information content (AvgIpc) is 3.30. The van der Waals surface area contributed by atoms with Crippen molar-refractivity contribution >= 4 is 23.5 Å². The van der Waals surface area contributed by atoms with Crippen LogP contribution in [0.25, 0.3) is 0 Å². The van der Waals surface area contributed by atoms with Crippen molar-refractivity contribution in [1.29, 1.82) is 0 Å². The summed E-state index contributed by atoms with van der Waals surface area (Å²) in [5, 5.41) is 1.81. The van der Waals surface area contributed by atoms with Crippen molar-refractivity contribution < 1.29 is 9.63 Å². The van der Waals surface area contributed by atoms with Crippen LogP contribution < -0.4 is 4.90 Å². The second-order valence-corrected chi connectivity index (χ2v) is 8.55. The molecular weight excluding hydrogens is 392 g/mol. The van der Waals surface area contributed by atoms with Crippen LogP contribution in [0.5, 0.6) is 0 Å². The molecule has 29 heavy (non-hydrogen) atoms. The Balaban J connectivity index is 1.33. The quantitative estimate of drug-likeness (QED) is 0.763. The molecule has 3 fully saturated rings. The lowest BCUT2D eigenvalue weighted by Crippen LogP contribution is -2.49. The maximum Gasteiger partial charge on any atom is 0.250 e. The van der Waals surface area contributed by atoms with Crippen molar-refractivity contribution in [2.24, 2.45) is 11.3 Å². The van der Waals surface area contributed by atoms with E-state index in [2.05, 4.69) is 24.8 Å². The molecule has 5 rings (SSSR count). The van der Waals surface area contributed by atoms with Crippen LogP contribution in [0.1, 0.15) is 43.0 Å². The molecule has 0 aromatic carbocycles. The van der Waals surface area contributed by atoms with Gasteiger partial charge >= 0.3 is 0 Å². The number of hydrogen-bond acceptors (Lipinski definition) is 7. The number of pyridine rings is 1. The summed E-state index contributed by atoms with van der Waals surface area (Å²) >= 11 is 5.93. The topological polar surface area (TPSA) is 84.3 Å². The molecule has 1 amide bonds. The van der Waals surface area contributed by atoms with Gasteiger partial charge in [-0.05, 0) is 54.8 Å². The number of aromatic nitrogens is 4. The normalized spacial score (nSPS) is 25.4. The summed E-state index contributed by atoms with van der Waals surface area (Å²) < 4.78 is 0. The van der Waals surface area contributed by atoms with E-state index < -0.39 is 0 Å². The second-order valence-electron chi connectivity index (χ2n) is 8.21. The van der Waals surface area contributed by atoms with Crippen LogP contribution in [0.2, 0.25) is 5.28 Å². The van der Waals surface area contributed by atoms with Gasteiger partial charge in [0.15, 0.2) is 0 Å². The van der Waals surface area contributed by atoms with Gasteiger partial charge < -0.3 is 4.90 Å². The molecule has 2 aliphatic heterocycles. The van der Waals surface area contributed by atoms with Crippen molar-refractivity contribution in [3.05, 3.63) is 41.2 Å². The van der Waals surface area contributed by atoms with E-state index in [1.165, 1.54) is 6.33 Å². The molecule has 0 unspecified atom stereocenters. The summed E-state index contributed by atoms with van der Waals surface area (Å²) in [6.07, 6.45) is 6.90. The molecular formula is C20H23ClN6O2.